The Morgan fingerprint density at radius 1 is 1.54 bits per heavy atom. The van der Waals surface area contributed by atoms with Crippen molar-refractivity contribution >= 4 is 27.3 Å². The third-order valence-corrected chi connectivity index (χ3v) is 3.48. The van der Waals surface area contributed by atoms with E-state index in [0.29, 0.717) is 0 Å². The molecule has 0 radical (unpaired) electrons. The van der Waals surface area contributed by atoms with Crippen LogP contribution in [-0.4, -0.2) is 15.4 Å². The summed E-state index contributed by atoms with van der Waals surface area (Å²) in [7, 11) is 0. The van der Waals surface area contributed by atoms with Gasteiger partial charge in [-0.15, -0.1) is 0 Å². The summed E-state index contributed by atoms with van der Waals surface area (Å²) < 4.78 is 1.02. The van der Waals surface area contributed by atoms with Gasteiger partial charge in [0.1, 0.15) is 5.69 Å². The van der Waals surface area contributed by atoms with Gasteiger partial charge in [-0.05, 0) is 26.9 Å². The molecule has 0 saturated carbocycles. The minimum absolute atomic E-state index is 0.209. The molecule has 0 aliphatic carbocycles. The van der Waals surface area contributed by atoms with Gasteiger partial charge < -0.3 is 5.73 Å². The summed E-state index contributed by atoms with van der Waals surface area (Å²) in [5.41, 5.74) is 7.75. The van der Waals surface area contributed by atoms with Crippen LogP contribution in [0.15, 0.2) is 21.4 Å². The third kappa shape index (κ3) is 1.65. The number of rotatable bonds is 2. The largest absolute Gasteiger partial charge is 0.319 e. The first-order chi connectivity index (χ1) is 6.29. The normalized spacial score (nSPS) is 13.1. The van der Waals surface area contributed by atoms with Gasteiger partial charge in [0.15, 0.2) is 0 Å². The SMILES string of the molecule is NC(c1cn[nH]n1)c1cscc1Br. The van der Waals surface area contributed by atoms with E-state index < -0.39 is 0 Å². The summed E-state index contributed by atoms with van der Waals surface area (Å²) in [4.78, 5) is 0. The quantitative estimate of drug-likeness (QED) is 0.862. The van der Waals surface area contributed by atoms with E-state index in [4.69, 9.17) is 5.73 Å². The highest BCUT2D eigenvalue weighted by Crippen LogP contribution is 2.28. The van der Waals surface area contributed by atoms with E-state index >= 15 is 0 Å². The van der Waals surface area contributed by atoms with Gasteiger partial charge in [-0.25, -0.2) is 0 Å². The standard InChI is InChI=1S/C7H7BrN4S/c8-5-3-13-2-4(5)7(9)6-1-10-12-11-6/h1-3,7H,9H2,(H,10,11,12). The van der Waals surface area contributed by atoms with Crippen molar-refractivity contribution in [2.75, 3.05) is 0 Å². The Labute approximate surface area is 87.3 Å². The van der Waals surface area contributed by atoms with Gasteiger partial charge in [0.2, 0.25) is 0 Å². The number of halogens is 1. The summed E-state index contributed by atoms with van der Waals surface area (Å²) in [5, 5.41) is 14.2. The number of thiophene rings is 1. The molecular formula is C7H7BrN4S. The van der Waals surface area contributed by atoms with Crippen molar-refractivity contribution < 1.29 is 0 Å². The van der Waals surface area contributed by atoms with Gasteiger partial charge in [-0.2, -0.15) is 26.7 Å². The van der Waals surface area contributed by atoms with Crippen LogP contribution < -0.4 is 5.73 Å². The molecule has 2 aromatic rings. The van der Waals surface area contributed by atoms with E-state index in [2.05, 4.69) is 31.3 Å². The van der Waals surface area contributed by atoms with E-state index in [9.17, 15) is 0 Å². The van der Waals surface area contributed by atoms with Gasteiger partial charge in [0.25, 0.3) is 0 Å². The van der Waals surface area contributed by atoms with E-state index in [1.807, 2.05) is 10.8 Å². The average Bonchev–Trinajstić information content (AvgIpc) is 2.72. The highest BCUT2D eigenvalue weighted by atomic mass is 79.9. The molecule has 0 amide bonds. The number of aromatic nitrogens is 3. The molecule has 2 heterocycles. The van der Waals surface area contributed by atoms with Crippen molar-refractivity contribution in [1.29, 1.82) is 0 Å². The van der Waals surface area contributed by atoms with Crippen molar-refractivity contribution in [3.05, 3.63) is 32.7 Å². The maximum absolute atomic E-state index is 5.96. The Hall–Kier alpha value is -0.720. The first-order valence-corrected chi connectivity index (χ1v) is 5.35. The molecule has 0 spiro atoms. The second kappa shape index (κ2) is 3.57. The zero-order chi connectivity index (χ0) is 9.26. The molecule has 0 aliphatic heterocycles. The van der Waals surface area contributed by atoms with Crippen molar-refractivity contribution in [1.82, 2.24) is 15.4 Å². The first-order valence-electron chi connectivity index (χ1n) is 3.62. The lowest BCUT2D eigenvalue weighted by molar-refractivity contribution is 0.809. The zero-order valence-electron chi connectivity index (χ0n) is 6.57. The van der Waals surface area contributed by atoms with Crippen LogP contribution in [0.2, 0.25) is 0 Å². The molecule has 0 bridgehead atoms. The second-order valence-electron chi connectivity index (χ2n) is 2.55. The molecule has 0 aliphatic rings. The summed E-state index contributed by atoms with van der Waals surface area (Å²) in [6.45, 7) is 0. The monoisotopic (exact) mass is 258 g/mol. The molecule has 4 nitrogen and oxygen atoms in total. The minimum Gasteiger partial charge on any atom is -0.319 e. The van der Waals surface area contributed by atoms with Crippen LogP contribution in [0.3, 0.4) is 0 Å². The summed E-state index contributed by atoms with van der Waals surface area (Å²) >= 11 is 5.03. The molecule has 13 heavy (non-hydrogen) atoms. The topological polar surface area (TPSA) is 67.6 Å². The number of nitrogens with one attached hydrogen (secondary N) is 1. The number of nitrogens with zero attached hydrogens (tertiary/aromatic N) is 2. The van der Waals surface area contributed by atoms with E-state index in [0.717, 1.165) is 15.7 Å². The molecule has 3 N–H and O–H groups in total. The Kier molecular flexibility index (Phi) is 2.43. The van der Waals surface area contributed by atoms with Crippen molar-refractivity contribution in [2.45, 2.75) is 6.04 Å². The molecule has 1 unspecified atom stereocenters. The van der Waals surface area contributed by atoms with E-state index in [1.54, 1.807) is 17.5 Å². The van der Waals surface area contributed by atoms with Gasteiger partial charge in [0, 0.05) is 9.85 Å². The van der Waals surface area contributed by atoms with Crippen molar-refractivity contribution in [3.63, 3.8) is 0 Å². The van der Waals surface area contributed by atoms with Gasteiger partial charge in [-0.3, -0.25) is 0 Å². The molecule has 2 aromatic heterocycles. The zero-order valence-corrected chi connectivity index (χ0v) is 8.97. The Balaban J connectivity index is 2.33. The smallest absolute Gasteiger partial charge is 0.104 e. The highest BCUT2D eigenvalue weighted by Gasteiger charge is 2.14. The van der Waals surface area contributed by atoms with Crippen LogP contribution in [0.4, 0.5) is 0 Å². The molecule has 1 atom stereocenters. The van der Waals surface area contributed by atoms with Gasteiger partial charge in [-0.1, -0.05) is 0 Å². The lowest BCUT2D eigenvalue weighted by Crippen LogP contribution is -2.11. The van der Waals surface area contributed by atoms with Crippen LogP contribution in [0, 0.1) is 0 Å². The Morgan fingerprint density at radius 2 is 2.38 bits per heavy atom. The fourth-order valence-electron chi connectivity index (χ4n) is 1.03. The lowest BCUT2D eigenvalue weighted by atomic mass is 10.1. The summed E-state index contributed by atoms with van der Waals surface area (Å²) in [6.07, 6.45) is 1.63. The maximum Gasteiger partial charge on any atom is 0.104 e. The minimum atomic E-state index is -0.209. The van der Waals surface area contributed by atoms with Gasteiger partial charge >= 0.3 is 0 Å². The third-order valence-electron chi connectivity index (χ3n) is 1.73. The first kappa shape index (κ1) is 8.86. The second-order valence-corrected chi connectivity index (χ2v) is 4.15. The van der Waals surface area contributed by atoms with Crippen LogP contribution in [0.5, 0.6) is 0 Å². The molecule has 68 valence electrons. The predicted octanol–water partition coefficient (Wildman–Crippen LogP) is 1.68. The molecule has 0 fully saturated rings. The molecule has 6 heteroatoms. The number of nitrogens with two attached hydrogens (primary N) is 1. The highest BCUT2D eigenvalue weighted by molar-refractivity contribution is 9.10. The number of hydrogen-bond acceptors (Lipinski definition) is 4. The average molecular weight is 259 g/mol. The van der Waals surface area contributed by atoms with Crippen molar-refractivity contribution in [2.24, 2.45) is 5.73 Å². The maximum atomic E-state index is 5.96. The lowest BCUT2D eigenvalue weighted by Gasteiger charge is -2.05. The summed E-state index contributed by atoms with van der Waals surface area (Å²) in [5.74, 6) is 0. The molecule has 0 aromatic carbocycles. The molecular weight excluding hydrogens is 252 g/mol. The fraction of sp³-hybridized carbons (Fsp3) is 0.143. The van der Waals surface area contributed by atoms with Crippen LogP contribution in [0.25, 0.3) is 0 Å². The Morgan fingerprint density at radius 3 is 2.92 bits per heavy atom. The number of hydrogen-bond donors (Lipinski definition) is 2. The number of H-pyrrole nitrogens is 1. The Bertz CT molecular complexity index is 383. The molecule has 0 saturated heterocycles. The van der Waals surface area contributed by atoms with Crippen molar-refractivity contribution in [3.8, 4) is 0 Å². The van der Waals surface area contributed by atoms with Crippen LogP contribution in [-0.2, 0) is 0 Å². The summed E-state index contributed by atoms with van der Waals surface area (Å²) in [6, 6.07) is -0.209. The van der Waals surface area contributed by atoms with Crippen LogP contribution in [0.1, 0.15) is 17.3 Å². The fourth-order valence-corrected chi connectivity index (χ4v) is 2.61. The predicted molar refractivity (Wildman–Crippen MR) is 54.4 cm³/mol. The molecule has 2 rings (SSSR count). The van der Waals surface area contributed by atoms with E-state index in [1.165, 1.54) is 0 Å². The van der Waals surface area contributed by atoms with Crippen LogP contribution >= 0.6 is 27.3 Å². The van der Waals surface area contributed by atoms with Gasteiger partial charge in [0.05, 0.1) is 12.2 Å². The van der Waals surface area contributed by atoms with E-state index in [-0.39, 0.29) is 6.04 Å². The number of aromatic amines is 1.